The van der Waals surface area contributed by atoms with Crippen LogP contribution >= 0.6 is 0 Å². The topological polar surface area (TPSA) is 102 Å². The van der Waals surface area contributed by atoms with Crippen LogP contribution < -0.4 is 10.0 Å². The number of amides is 1. The Morgan fingerprint density at radius 2 is 1.69 bits per heavy atom. The van der Waals surface area contributed by atoms with Crippen LogP contribution in [-0.2, 0) is 14.8 Å². The summed E-state index contributed by atoms with van der Waals surface area (Å²) in [6.07, 6.45) is 1.98. The van der Waals surface area contributed by atoms with E-state index in [2.05, 4.69) is 14.8 Å². The van der Waals surface area contributed by atoms with Crippen molar-refractivity contribution in [2.75, 3.05) is 11.8 Å². The van der Waals surface area contributed by atoms with Crippen LogP contribution in [0.5, 0.6) is 0 Å². The summed E-state index contributed by atoms with van der Waals surface area (Å²) in [6, 6.07) is 12.1. The highest BCUT2D eigenvalue weighted by Crippen LogP contribution is 2.22. The first-order valence-electron chi connectivity index (χ1n) is 8.02. The number of ether oxygens (including phenoxy) is 1. The van der Waals surface area contributed by atoms with Gasteiger partial charge < -0.3 is 10.1 Å². The number of anilines is 1. The molecular formula is C18H18N2O5S. The fourth-order valence-corrected chi connectivity index (χ4v) is 3.63. The maximum absolute atomic E-state index is 12.6. The lowest BCUT2D eigenvalue weighted by atomic mass is 10.2. The number of carbonyl (C=O) groups excluding carboxylic acids is 2. The van der Waals surface area contributed by atoms with E-state index in [1.165, 1.54) is 37.4 Å². The number of hydrogen-bond donors (Lipinski definition) is 2. The minimum absolute atomic E-state index is 0.0528. The molecule has 8 heteroatoms. The summed E-state index contributed by atoms with van der Waals surface area (Å²) in [5.74, 6) is -0.920. The molecule has 26 heavy (non-hydrogen) atoms. The first-order valence-corrected chi connectivity index (χ1v) is 9.50. The molecule has 7 nitrogen and oxygen atoms in total. The fourth-order valence-electron chi connectivity index (χ4n) is 2.38. The van der Waals surface area contributed by atoms with E-state index in [1.54, 1.807) is 18.2 Å². The number of benzene rings is 2. The molecule has 0 radical (unpaired) electrons. The highest BCUT2D eigenvalue weighted by atomic mass is 32.2. The summed E-state index contributed by atoms with van der Waals surface area (Å²) in [5.41, 5.74) is 0.686. The third-order valence-electron chi connectivity index (χ3n) is 3.89. The van der Waals surface area contributed by atoms with Crippen molar-refractivity contribution in [2.45, 2.75) is 23.8 Å². The fraction of sp³-hybridized carbons (Fsp3) is 0.222. The first kappa shape index (κ1) is 17.9. The molecule has 0 saturated heterocycles. The smallest absolute Gasteiger partial charge is 0.339 e. The van der Waals surface area contributed by atoms with E-state index in [0.29, 0.717) is 5.56 Å². The number of nitrogens with one attached hydrogen (secondary N) is 2. The minimum Gasteiger partial charge on any atom is -0.465 e. The number of sulfonamides is 1. The van der Waals surface area contributed by atoms with Gasteiger partial charge in [-0.3, -0.25) is 9.52 Å². The predicted octanol–water partition coefficient (Wildman–Crippen LogP) is 2.17. The van der Waals surface area contributed by atoms with E-state index in [0.717, 1.165) is 12.8 Å². The van der Waals surface area contributed by atoms with Crippen molar-refractivity contribution in [3.8, 4) is 0 Å². The van der Waals surface area contributed by atoms with Gasteiger partial charge in [0.1, 0.15) is 4.90 Å². The van der Waals surface area contributed by atoms with Crippen LogP contribution in [0.25, 0.3) is 0 Å². The average Bonchev–Trinajstić information content (AvgIpc) is 3.45. The first-order chi connectivity index (χ1) is 12.4. The Bertz CT molecular complexity index is 934. The molecule has 136 valence electrons. The van der Waals surface area contributed by atoms with E-state index >= 15 is 0 Å². The summed E-state index contributed by atoms with van der Waals surface area (Å²) in [7, 11) is -2.81. The van der Waals surface area contributed by atoms with Gasteiger partial charge in [0.2, 0.25) is 0 Å². The molecule has 0 aromatic heterocycles. The largest absolute Gasteiger partial charge is 0.465 e. The number of hydrogen-bond acceptors (Lipinski definition) is 5. The van der Waals surface area contributed by atoms with Crippen LogP contribution in [0, 0.1) is 0 Å². The van der Waals surface area contributed by atoms with E-state index in [1.807, 2.05) is 0 Å². The van der Waals surface area contributed by atoms with Crippen molar-refractivity contribution >= 4 is 27.6 Å². The van der Waals surface area contributed by atoms with Gasteiger partial charge in [-0.15, -0.1) is 0 Å². The molecule has 2 N–H and O–H groups in total. The molecule has 0 unspecified atom stereocenters. The van der Waals surface area contributed by atoms with Crippen molar-refractivity contribution in [2.24, 2.45) is 0 Å². The summed E-state index contributed by atoms with van der Waals surface area (Å²) in [6.45, 7) is 0. The molecule has 2 aromatic carbocycles. The van der Waals surface area contributed by atoms with Gasteiger partial charge in [-0.2, -0.15) is 0 Å². The van der Waals surface area contributed by atoms with E-state index in [4.69, 9.17) is 0 Å². The zero-order valence-electron chi connectivity index (χ0n) is 14.1. The molecule has 1 aliphatic rings. The van der Waals surface area contributed by atoms with Crippen molar-refractivity contribution in [1.82, 2.24) is 5.32 Å². The maximum atomic E-state index is 12.6. The molecule has 1 aliphatic carbocycles. The standard InChI is InChI=1S/C18H18N2O5S/c1-25-18(22)15-4-2-3-5-16(15)26(23,24)20-14-8-6-12(7-9-14)17(21)19-13-10-11-13/h2-9,13,20H,10-11H2,1H3,(H,19,21). The predicted molar refractivity (Wildman–Crippen MR) is 95.5 cm³/mol. The molecular weight excluding hydrogens is 356 g/mol. The maximum Gasteiger partial charge on any atom is 0.339 e. The van der Waals surface area contributed by atoms with Crippen LogP contribution in [-0.4, -0.2) is 33.4 Å². The monoisotopic (exact) mass is 374 g/mol. The molecule has 1 amide bonds. The number of methoxy groups -OCH3 is 1. The van der Waals surface area contributed by atoms with Gasteiger partial charge in [-0.25, -0.2) is 13.2 Å². The molecule has 0 spiro atoms. The Balaban J connectivity index is 1.79. The van der Waals surface area contributed by atoms with Crippen LogP contribution in [0.3, 0.4) is 0 Å². The SMILES string of the molecule is COC(=O)c1ccccc1S(=O)(=O)Nc1ccc(C(=O)NC2CC2)cc1. The van der Waals surface area contributed by atoms with Crippen LogP contribution in [0.1, 0.15) is 33.6 Å². The van der Waals surface area contributed by atoms with Crippen molar-refractivity contribution in [3.63, 3.8) is 0 Å². The van der Waals surface area contributed by atoms with Gasteiger partial charge in [-0.05, 0) is 49.2 Å². The Morgan fingerprint density at radius 3 is 2.31 bits per heavy atom. The van der Waals surface area contributed by atoms with Gasteiger partial charge in [0.05, 0.1) is 12.7 Å². The second-order valence-corrected chi connectivity index (χ2v) is 7.57. The van der Waals surface area contributed by atoms with Gasteiger partial charge in [0.25, 0.3) is 15.9 Å². The average molecular weight is 374 g/mol. The van der Waals surface area contributed by atoms with Gasteiger partial charge in [0, 0.05) is 17.3 Å². The Kier molecular flexibility index (Phi) is 4.94. The highest BCUT2D eigenvalue weighted by molar-refractivity contribution is 7.92. The van der Waals surface area contributed by atoms with E-state index in [9.17, 15) is 18.0 Å². The third-order valence-corrected chi connectivity index (χ3v) is 5.33. The van der Waals surface area contributed by atoms with E-state index in [-0.39, 0.29) is 28.1 Å². The Labute approximate surface area is 151 Å². The lowest BCUT2D eigenvalue weighted by molar-refractivity contribution is 0.0596. The minimum atomic E-state index is -3.99. The molecule has 1 saturated carbocycles. The van der Waals surface area contributed by atoms with Crippen molar-refractivity contribution < 1.29 is 22.7 Å². The Hall–Kier alpha value is -2.87. The lowest BCUT2D eigenvalue weighted by Gasteiger charge is -2.11. The quantitative estimate of drug-likeness (QED) is 0.755. The summed E-state index contributed by atoms with van der Waals surface area (Å²) >= 11 is 0. The highest BCUT2D eigenvalue weighted by Gasteiger charge is 2.24. The molecule has 0 heterocycles. The van der Waals surface area contributed by atoms with Crippen molar-refractivity contribution in [3.05, 3.63) is 59.7 Å². The van der Waals surface area contributed by atoms with Gasteiger partial charge in [-0.1, -0.05) is 12.1 Å². The zero-order valence-corrected chi connectivity index (χ0v) is 14.9. The summed E-state index contributed by atoms with van der Waals surface area (Å²) in [4.78, 5) is 23.6. The van der Waals surface area contributed by atoms with Crippen LogP contribution in [0.4, 0.5) is 5.69 Å². The molecule has 2 aromatic rings. The molecule has 1 fully saturated rings. The number of esters is 1. The molecule has 0 atom stereocenters. The van der Waals surface area contributed by atoms with Gasteiger partial charge >= 0.3 is 5.97 Å². The summed E-state index contributed by atoms with van der Waals surface area (Å²) in [5, 5.41) is 2.86. The second kappa shape index (κ2) is 7.17. The second-order valence-electron chi connectivity index (χ2n) is 5.92. The van der Waals surface area contributed by atoms with Crippen molar-refractivity contribution in [1.29, 1.82) is 0 Å². The molecule has 3 rings (SSSR count). The van der Waals surface area contributed by atoms with Gasteiger partial charge in [0.15, 0.2) is 0 Å². The number of carbonyl (C=O) groups is 2. The molecule has 0 aliphatic heterocycles. The normalized spacial score (nSPS) is 13.7. The van der Waals surface area contributed by atoms with E-state index < -0.39 is 16.0 Å². The number of rotatable bonds is 6. The van der Waals surface area contributed by atoms with Crippen LogP contribution in [0.2, 0.25) is 0 Å². The Morgan fingerprint density at radius 1 is 1.04 bits per heavy atom. The van der Waals surface area contributed by atoms with Crippen LogP contribution in [0.15, 0.2) is 53.4 Å². The third kappa shape index (κ3) is 4.02. The zero-order chi connectivity index (χ0) is 18.7. The molecule has 0 bridgehead atoms. The lowest BCUT2D eigenvalue weighted by Crippen LogP contribution is -2.25. The summed E-state index contributed by atoms with van der Waals surface area (Å²) < 4.78 is 32.3.